The van der Waals surface area contributed by atoms with Crippen LogP contribution in [-0.2, 0) is 19.1 Å². The lowest BCUT2D eigenvalue weighted by Crippen LogP contribution is -2.28. The monoisotopic (exact) mass is 404 g/mol. The van der Waals surface area contributed by atoms with Crippen LogP contribution in [0.3, 0.4) is 0 Å². The Kier molecular flexibility index (Phi) is 7.83. The molecule has 2 aromatic rings. The van der Waals surface area contributed by atoms with Crippen molar-refractivity contribution >= 4 is 35.1 Å². The maximum atomic E-state index is 12.8. The summed E-state index contributed by atoms with van der Waals surface area (Å²) in [6, 6.07) is 13.4. The van der Waals surface area contributed by atoms with Gasteiger partial charge in [0, 0.05) is 24.7 Å². The summed E-state index contributed by atoms with van der Waals surface area (Å²) in [6.07, 6.45) is -1.20. The molecule has 0 saturated carbocycles. The average Bonchev–Trinajstić information content (AvgIpc) is 2.66. The molecule has 0 aromatic heterocycles. The van der Waals surface area contributed by atoms with Crippen molar-refractivity contribution < 1.29 is 23.9 Å². The first-order valence-corrected chi connectivity index (χ1v) is 8.91. The van der Waals surface area contributed by atoms with Crippen molar-refractivity contribution in [2.45, 2.75) is 19.4 Å². The van der Waals surface area contributed by atoms with Crippen LogP contribution in [0.4, 0.5) is 5.69 Å². The fraction of sp³-hybridized carbons (Fsp3) is 0.250. The highest BCUT2D eigenvalue weighted by atomic mass is 35.5. The first-order chi connectivity index (χ1) is 13.4. The molecule has 0 bridgehead atoms. The van der Waals surface area contributed by atoms with Gasteiger partial charge in [0.2, 0.25) is 12.0 Å². The standard InChI is InChI=1S/C20H21ClN2O5/c1-13(24)22-11-10-18(25)28-19(14-6-4-3-5-7-14)20(26)23-15-8-9-17(27-2)16(21)12-15/h3-9,12,19H,10-11H2,1-2H3,(H,22,24)(H,23,26)/t19-/m0/s1. The van der Waals surface area contributed by atoms with Crippen LogP contribution in [0, 0.1) is 0 Å². The summed E-state index contributed by atoms with van der Waals surface area (Å²) < 4.78 is 10.5. The SMILES string of the molecule is COc1ccc(NC(=O)[C@@H](OC(=O)CCNC(C)=O)c2ccccc2)cc1Cl. The van der Waals surface area contributed by atoms with Crippen LogP contribution in [0.15, 0.2) is 48.5 Å². The lowest BCUT2D eigenvalue weighted by molar-refractivity contribution is -0.154. The first-order valence-electron chi connectivity index (χ1n) is 8.54. The molecule has 0 aliphatic rings. The van der Waals surface area contributed by atoms with E-state index in [-0.39, 0.29) is 18.9 Å². The molecule has 8 heteroatoms. The molecule has 2 N–H and O–H groups in total. The van der Waals surface area contributed by atoms with Crippen molar-refractivity contribution in [3.05, 3.63) is 59.1 Å². The molecule has 0 spiro atoms. The Morgan fingerprint density at radius 3 is 2.43 bits per heavy atom. The van der Waals surface area contributed by atoms with Crippen molar-refractivity contribution in [2.24, 2.45) is 0 Å². The molecule has 2 aromatic carbocycles. The number of ether oxygens (including phenoxy) is 2. The Hall–Kier alpha value is -3.06. The fourth-order valence-corrected chi connectivity index (χ4v) is 2.64. The number of amides is 2. The van der Waals surface area contributed by atoms with Gasteiger partial charge in [-0.15, -0.1) is 0 Å². The topological polar surface area (TPSA) is 93.7 Å². The molecular weight excluding hydrogens is 384 g/mol. The van der Waals surface area contributed by atoms with Crippen molar-refractivity contribution in [2.75, 3.05) is 19.0 Å². The minimum absolute atomic E-state index is 0.0510. The van der Waals surface area contributed by atoms with E-state index in [4.69, 9.17) is 21.1 Å². The van der Waals surface area contributed by atoms with Crippen LogP contribution in [0.1, 0.15) is 25.0 Å². The molecule has 28 heavy (non-hydrogen) atoms. The quantitative estimate of drug-likeness (QED) is 0.659. The number of esters is 1. The fourth-order valence-electron chi connectivity index (χ4n) is 2.38. The molecule has 0 aliphatic heterocycles. The van der Waals surface area contributed by atoms with Crippen LogP contribution in [0.5, 0.6) is 5.75 Å². The van der Waals surface area contributed by atoms with Crippen LogP contribution in [0.2, 0.25) is 5.02 Å². The second kappa shape index (κ2) is 10.3. The molecular formula is C20H21ClN2O5. The molecule has 0 radical (unpaired) electrons. The summed E-state index contributed by atoms with van der Waals surface area (Å²) in [5, 5.41) is 5.53. The third kappa shape index (κ3) is 6.28. The van der Waals surface area contributed by atoms with Crippen LogP contribution >= 0.6 is 11.6 Å². The number of hydrogen-bond donors (Lipinski definition) is 2. The highest BCUT2D eigenvalue weighted by molar-refractivity contribution is 6.32. The molecule has 0 heterocycles. The molecule has 148 valence electrons. The van der Waals surface area contributed by atoms with Gasteiger partial charge in [0.15, 0.2) is 0 Å². The van der Waals surface area contributed by atoms with E-state index in [1.165, 1.54) is 14.0 Å². The second-order valence-corrected chi connectivity index (χ2v) is 6.26. The lowest BCUT2D eigenvalue weighted by atomic mass is 10.1. The van der Waals surface area contributed by atoms with Gasteiger partial charge >= 0.3 is 5.97 Å². The lowest BCUT2D eigenvalue weighted by Gasteiger charge is -2.18. The zero-order valence-electron chi connectivity index (χ0n) is 15.5. The summed E-state index contributed by atoms with van der Waals surface area (Å²) in [5.74, 6) is -0.906. The first kappa shape index (κ1) is 21.2. The van der Waals surface area contributed by atoms with Gasteiger partial charge in [-0.05, 0) is 18.2 Å². The molecule has 2 rings (SSSR count). The molecule has 0 aliphatic carbocycles. The summed E-state index contributed by atoms with van der Waals surface area (Å²) in [4.78, 5) is 35.8. The second-order valence-electron chi connectivity index (χ2n) is 5.85. The van der Waals surface area contributed by atoms with Gasteiger partial charge in [0.05, 0.1) is 18.6 Å². The Balaban J connectivity index is 2.12. The molecule has 2 amide bonds. The van der Waals surface area contributed by atoms with E-state index in [9.17, 15) is 14.4 Å². The minimum atomic E-state index is -1.15. The summed E-state index contributed by atoms with van der Waals surface area (Å²) >= 11 is 6.08. The van der Waals surface area contributed by atoms with E-state index in [0.29, 0.717) is 22.0 Å². The van der Waals surface area contributed by atoms with E-state index in [1.807, 2.05) is 0 Å². The summed E-state index contributed by atoms with van der Waals surface area (Å²) in [7, 11) is 1.49. The smallest absolute Gasteiger partial charge is 0.308 e. The van der Waals surface area contributed by atoms with Crippen LogP contribution in [-0.4, -0.2) is 31.4 Å². The van der Waals surface area contributed by atoms with E-state index in [1.54, 1.807) is 48.5 Å². The van der Waals surface area contributed by atoms with Crippen LogP contribution < -0.4 is 15.4 Å². The number of halogens is 1. The third-order valence-corrected chi connectivity index (χ3v) is 4.01. The number of rotatable bonds is 8. The minimum Gasteiger partial charge on any atom is -0.495 e. The van der Waals surface area contributed by atoms with E-state index in [0.717, 1.165) is 0 Å². The van der Waals surface area contributed by atoms with Crippen molar-refractivity contribution in [1.29, 1.82) is 0 Å². The van der Waals surface area contributed by atoms with E-state index < -0.39 is 18.0 Å². The van der Waals surface area contributed by atoms with Crippen molar-refractivity contribution in [1.82, 2.24) is 5.32 Å². The van der Waals surface area contributed by atoms with Gasteiger partial charge in [-0.1, -0.05) is 41.9 Å². The Morgan fingerprint density at radius 1 is 1.11 bits per heavy atom. The zero-order chi connectivity index (χ0) is 20.5. The number of anilines is 1. The van der Waals surface area contributed by atoms with Gasteiger partial charge in [0.1, 0.15) is 5.75 Å². The largest absolute Gasteiger partial charge is 0.495 e. The summed E-state index contributed by atoms with van der Waals surface area (Å²) in [5.41, 5.74) is 0.957. The number of carbonyl (C=O) groups is 3. The normalized spacial score (nSPS) is 11.2. The number of nitrogens with one attached hydrogen (secondary N) is 2. The average molecular weight is 405 g/mol. The molecule has 1 atom stereocenters. The van der Waals surface area contributed by atoms with Gasteiger partial charge in [-0.2, -0.15) is 0 Å². The summed E-state index contributed by atoms with van der Waals surface area (Å²) in [6.45, 7) is 1.48. The highest BCUT2D eigenvalue weighted by Crippen LogP contribution is 2.28. The maximum absolute atomic E-state index is 12.8. The Bertz CT molecular complexity index is 842. The Labute approximate surface area is 168 Å². The number of benzene rings is 2. The van der Waals surface area contributed by atoms with Gasteiger partial charge in [-0.3, -0.25) is 14.4 Å². The predicted octanol–water partition coefficient (Wildman–Crippen LogP) is 3.10. The van der Waals surface area contributed by atoms with Gasteiger partial charge in [-0.25, -0.2) is 0 Å². The molecule has 0 saturated heterocycles. The number of methoxy groups -OCH3 is 1. The molecule has 0 fully saturated rings. The third-order valence-electron chi connectivity index (χ3n) is 3.71. The van der Waals surface area contributed by atoms with E-state index >= 15 is 0 Å². The van der Waals surface area contributed by atoms with E-state index in [2.05, 4.69) is 10.6 Å². The van der Waals surface area contributed by atoms with Crippen molar-refractivity contribution in [3.8, 4) is 5.75 Å². The van der Waals surface area contributed by atoms with Crippen LogP contribution in [0.25, 0.3) is 0 Å². The Morgan fingerprint density at radius 2 is 1.82 bits per heavy atom. The highest BCUT2D eigenvalue weighted by Gasteiger charge is 2.25. The predicted molar refractivity (Wildman–Crippen MR) is 105 cm³/mol. The van der Waals surface area contributed by atoms with Crippen molar-refractivity contribution in [3.63, 3.8) is 0 Å². The van der Waals surface area contributed by atoms with Gasteiger partial charge in [0.25, 0.3) is 5.91 Å². The van der Waals surface area contributed by atoms with Gasteiger partial charge < -0.3 is 20.1 Å². The maximum Gasteiger partial charge on any atom is 0.308 e. The zero-order valence-corrected chi connectivity index (χ0v) is 16.3. The number of hydrogen-bond acceptors (Lipinski definition) is 5. The molecule has 0 unspecified atom stereocenters. The molecule has 7 nitrogen and oxygen atoms in total. The number of carbonyl (C=O) groups excluding carboxylic acids is 3.